The second kappa shape index (κ2) is 23.2. The fourth-order valence-electron chi connectivity index (χ4n) is 2.33. The molecule has 0 aliphatic carbocycles. The third-order valence-corrected chi connectivity index (χ3v) is 3.88. The maximum atomic E-state index is 8.17. The van der Waals surface area contributed by atoms with Crippen molar-refractivity contribution in [1.82, 2.24) is 0 Å². The molecule has 3 heteroatoms. The molecule has 0 aromatic carbocycles. The van der Waals surface area contributed by atoms with Gasteiger partial charge in [0.1, 0.15) is 6.10 Å². The zero-order valence-corrected chi connectivity index (χ0v) is 15.2. The standard InChI is InChI=1S/C16H34.C3H8O3/c1-3-5-7-9-11-13-15-16-14-12-10-8-6-4-2;4-1-3(6)2-5/h3-16H2,1-2H3;3-6H,1-2H2. The van der Waals surface area contributed by atoms with Crippen molar-refractivity contribution >= 4 is 0 Å². The summed E-state index contributed by atoms with van der Waals surface area (Å²) >= 11 is 0. The first-order valence-electron chi connectivity index (χ1n) is 9.62. The summed E-state index contributed by atoms with van der Waals surface area (Å²) in [5, 5.41) is 24.0. The van der Waals surface area contributed by atoms with E-state index < -0.39 is 6.10 Å². The number of aliphatic hydroxyl groups is 3. The summed E-state index contributed by atoms with van der Waals surface area (Å²) in [7, 11) is 0. The highest BCUT2D eigenvalue weighted by molar-refractivity contribution is 4.48. The third-order valence-electron chi connectivity index (χ3n) is 3.88. The van der Waals surface area contributed by atoms with E-state index in [4.69, 9.17) is 15.3 Å². The van der Waals surface area contributed by atoms with Crippen LogP contribution in [0.2, 0.25) is 0 Å². The molecule has 0 spiro atoms. The highest BCUT2D eigenvalue weighted by atomic mass is 16.3. The molecule has 22 heavy (non-hydrogen) atoms. The monoisotopic (exact) mass is 318 g/mol. The fraction of sp³-hybridized carbons (Fsp3) is 1.00. The summed E-state index contributed by atoms with van der Waals surface area (Å²) in [5.74, 6) is 0. The van der Waals surface area contributed by atoms with Crippen LogP contribution in [0, 0.1) is 0 Å². The van der Waals surface area contributed by atoms with Gasteiger partial charge in [-0.1, -0.05) is 104 Å². The van der Waals surface area contributed by atoms with E-state index in [0.717, 1.165) is 0 Å². The molecule has 0 aromatic rings. The molecule has 3 nitrogen and oxygen atoms in total. The second-order valence-corrected chi connectivity index (χ2v) is 6.26. The van der Waals surface area contributed by atoms with Crippen molar-refractivity contribution in [2.75, 3.05) is 13.2 Å². The van der Waals surface area contributed by atoms with Gasteiger partial charge in [0.25, 0.3) is 0 Å². The Bertz CT molecular complexity index is 156. The van der Waals surface area contributed by atoms with E-state index >= 15 is 0 Å². The minimum atomic E-state index is -0.954. The molecule has 0 fully saturated rings. The Morgan fingerprint density at radius 3 is 0.864 bits per heavy atom. The minimum Gasteiger partial charge on any atom is -0.394 e. The van der Waals surface area contributed by atoms with E-state index in [1.54, 1.807) is 0 Å². The van der Waals surface area contributed by atoms with E-state index in [0.29, 0.717) is 0 Å². The Balaban J connectivity index is 0. The van der Waals surface area contributed by atoms with Crippen LogP contribution >= 0.6 is 0 Å². The smallest absolute Gasteiger partial charge is 0.100 e. The molecule has 0 heterocycles. The maximum Gasteiger partial charge on any atom is 0.100 e. The lowest BCUT2D eigenvalue weighted by Crippen LogP contribution is -2.15. The molecule has 0 saturated carbocycles. The zero-order chi connectivity index (χ0) is 16.9. The third kappa shape index (κ3) is 24.9. The Hall–Kier alpha value is -0.120. The number of rotatable bonds is 15. The normalized spacial score (nSPS) is 10.6. The van der Waals surface area contributed by atoms with Crippen LogP contribution in [0.4, 0.5) is 0 Å². The average Bonchev–Trinajstić information content (AvgIpc) is 2.55. The summed E-state index contributed by atoms with van der Waals surface area (Å²) in [4.78, 5) is 0. The Kier molecular flexibility index (Phi) is 25.4. The summed E-state index contributed by atoms with van der Waals surface area (Å²) in [6.45, 7) is 3.85. The van der Waals surface area contributed by atoms with Crippen LogP contribution in [0.5, 0.6) is 0 Å². The quantitative estimate of drug-likeness (QED) is 0.379. The van der Waals surface area contributed by atoms with Gasteiger partial charge in [-0.2, -0.15) is 0 Å². The van der Waals surface area contributed by atoms with Gasteiger partial charge in [0.05, 0.1) is 13.2 Å². The predicted molar refractivity (Wildman–Crippen MR) is 96.2 cm³/mol. The molecule has 0 aliphatic heterocycles. The maximum absolute atomic E-state index is 8.17. The first-order valence-corrected chi connectivity index (χ1v) is 9.62. The van der Waals surface area contributed by atoms with E-state index in [-0.39, 0.29) is 13.2 Å². The largest absolute Gasteiger partial charge is 0.394 e. The van der Waals surface area contributed by atoms with Crippen molar-refractivity contribution in [1.29, 1.82) is 0 Å². The Morgan fingerprint density at radius 1 is 0.500 bits per heavy atom. The van der Waals surface area contributed by atoms with Crippen molar-refractivity contribution in [3.8, 4) is 0 Å². The lowest BCUT2D eigenvalue weighted by Gasteiger charge is -2.02. The highest BCUT2D eigenvalue weighted by Gasteiger charge is 1.94. The molecule has 0 amide bonds. The molecule has 3 N–H and O–H groups in total. The van der Waals surface area contributed by atoms with Crippen LogP contribution in [0.25, 0.3) is 0 Å². The Morgan fingerprint density at radius 2 is 0.727 bits per heavy atom. The van der Waals surface area contributed by atoms with Gasteiger partial charge in [0.15, 0.2) is 0 Å². The molecular weight excluding hydrogens is 276 g/mol. The number of aliphatic hydroxyl groups excluding tert-OH is 3. The van der Waals surface area contributed by atoms with Gasteiger partial charge in [-0.15, -0.1) is 0 Å². The number of hydrogen-bond donors (Lipinski definition) is 3. The molecule has 0 unspecified atom stereocenters. The first-order chi connectivity index (χ1) is 10.7. The molecule has 0 radical (unpaired) electrons. The summed E-state index contributed by atoms with van der Waals surface area (Å²) in [5.41, 5.74) is 0. The van der Waals surface area contributed by atoms with E-state index in [1.807, 2.05) is 0 Å². The minimum absolute atomic E-state index is 0.365. The van der Waals surface area contributed by atoms with Gasteiger partial charge in [-0.05, 0) is 0 Å². The van der Waals surface area contributed by atoms with Gasteiger partial charge in [-0.25, -0.2) is 0 Å². The fourth-order valence-corrected chi connectivity index (χ4v) is 2.33. The molecule has 0 rings (SSSR count). The SMILES string of the molecule is CCCCCCCCCCCCCCCC.OCC(O)CO. The molecule has 0 aliphatic rings. The molecular formula is C19H42O3. The van der Waals surface area contributed by atoms with Gasteiger partial charge in [0, 0.05) is 0 Å². The van der Waals surface area contributed by atoms with E-state index in [1.165, 1.54) is 89.9 Å². The van der Waals surface area contributed by atoms with Crippen molar-refractivity contribution < 1.29 is 15.3 Å². The van der Waals surface area contributed by atoms with Crippen molar-refractivity contribution in [3.63, 3.8) is 0 Å². The van der Waals surface area contributed by atoms with E-state index in [9.17, 15) is 0 Å². The van der Waals surface area contributed by atoms with Gasteiger partial charge >= 0.3 is 0 Å². The lowest BCUT2D eigenvalue weighted by atomic mass is 10.0. The first kappa shape index (κ1) is 24.1. The average molecular weight is 319 g/mol. The van der Waals surface area contributed by atoms with Crippen molar-refractivity contribution in [3.05, 3.63) is 0 Å². The molecule has 0 bridgehead atoms. The summed E-state index contributed by atoms with van der Waals surface area (Å²) in [6.07, 6.45) is 19.5. The number of hydrogen-bond acceptors (Lipinski definition) is 3. The van der Waals surface area contributed by atoms with Crippen LogP contribution in [0.1, 0.15) is 104 Å². The van der Waals surface area contributed by atoms with Crippen molar-refractivity contribution in [2.24, 2.45) is 0 Å². The van der Waals surface area contributed by atoms with Crippen molar-refractivity contribution in [2.45, 2.75) is 110 Å². The zero-order valence-electron chi connectivity index (χ0n) is 15.2. The van der Waals surface area contributed by atoms with Crippen LogP contribution in [0.15, 0.2) is 0 Å². The van der Waals surface area contributed by atoms with Gasteiger partial charge in [0.2, 0.25) is 0 Å². The van der Waals surface area contributed by atoms with Crippen LogP contribution in [0.3, 0.4) is 0 Å². The molecule has 136 valence electrons. The molecule has 0 aromatic heterocycles. The van der Waals surface area contributed by atoms with Crippen LogP contribution in [-0.4, -0.2) is 34.6 Å². The van der Waals surface area contributed by atoms with E-state index in [2.05, 4.69) is 13.8 Å². The lowest BCUT2D eigenvalue weighted by molar-refractivity contribution is 0.0450. The second-order valence-electron chi connectivity index (χ2n) is 6.26. The molecule has 0 atom stereocenters. The van der Waals surface area contributed by atoms with Gasteiger partial charge in [-0.3, -0.25) is 0 Å². The topological polar surface area (TPSA) is 60.7 Å². The summed E-state index contributed by atoms with van der Waals surface area (Å²) in [6, 6.07) is 0. The number of unbranched alkanes of at least 4 members (excludes halogenated alkanes) is 13. The van der Waals surface area contributed by atoms with Crippen LogP contribution in [-0.2, 0) is 0 Å². The Labute approximate surface area is 139 Å². The van der Waals surface area contributed by atoms with Gasteiger partial charge < -0.3 is 15.3 Å². The predicted octanol–water partition coefficient (Wildman–Crippen LogP) is 4.82. The highest BCUT2D eigenvalue weighted by Crippen LogP contribution is 2.12. The van der Waals surface area contributed by atoms with Crippen LogP contribution < -0.4 is 0 Å². The summed E-state index contributed by atoms with van der Waals surface area (Å²) < 4.78 is 0. The molecule has 0 saturated heterocycles.